The second-order valence-electron chi connectivity index (χ2n) is 4.03. The molecule has 3 nitrogen and oxygen atoms in total. The highest BCUT2D eigenvalue weighted by Crippen LogP contribution is 2.36. The number of rotatable bonds is 2. The Kier molecular flexibility index (Phi) is 4.02. The van der Waals surface area contributed by atoms with Crippen molar-refractivity contribution < 1.29 is 31.9 Å². The summed E-state index contributed by atoms with van der Waals surface area (Å²) < 4.78 is 64.4. The summed E-state index contributed by atoms with van der Waals surface area (Å²) in [7, 11) is 0. The van der Waals surface area contributed by atoms with E-state index in [2.05, 4.69) is 0 Å². The molecule has 1 amide bonds. The molecule has 0 heterocycles. The first-order valence-corrected chi connectivity index (χ1v) is 5.14. The van der Waals surface area contributed by atoms with Gasteiger partial charge in [0.05, 0.1) is 11.3 Å². The zero-order valence-corrected chi connectivity index (χ0v) is 9.92. The third kappa shape index (κ3) is 3.12. The van der Waals surface area contributed by atoms with Crippen LogP contribution in [0.15, 0.2) is 12.1 Å². The topological polar surface area (TPSA) is 40.5 Å². The standard InChI is InChI=1S/C11H10F5NO2/c1-5(2)17(10(18)19)8-4-6(12)3-7(9(8)13)11(14,15)16/h3-5H,1-2H3,(H,18,19). The van der Waals surface area contributed by atoms with Crippen LogP contribution in [-0.2, 0) is 6.18 Å². The Morgan fingerprint density at radius 1 is 1.26 bits per heavy atom. The highest BCUT2D eigenvalue weighted by atomic mass is 19.4. The van der Waals surface area contributed by atoms with Gasteiger partial charge in [0, 0.05) is 12.1 Å². The summed E-state index contributed by atoms with van der Waals surface area (Å²) >= 11 is 0. The lowest BCUT2D eigenvalue weighted by molar-refractivity contribution is -0.140. The summed E-state index contributed by atoms with van der Waals surface area (Å²) in [6.45, 7) is 2.65. The van der Waals surface area contributed by atoms with Crippen molar-refractivity contribution in [3.63, 3.8) is 0 Å². The molecule has 1 N–H and O–H groups in total. The number of hydrogen-bond donors (Lipinski definition) is 1. The van der Waals surface area contributed by atoms with Crippen molar-refractivity contribution in [2.45, 2.75) is 26.1 Å². The lowest BCUT2D eigenvalue weighted by Gasteiger charge is -2.25. The fraction of sp³-hybridized carbons (Fsp3) is 0.364. The van der Waals surface area contributed by atoms with E-state index in [0.717, 1.165) is 0 Å². The van der Waals surface area contributed by atoms with E-state index in [1.54, 1.807) is 0 Å². The molecule has 1 aromatic rings. The number of carbonyl (C=O) groups is 1. The van der Waals surface area contributed by atoms with Gasteiger partial charge in [-0.15, -0.1) is 0 Å². The van der Waals surface area contributed by atoms with Crippen molar-refractivity contribution in [3.05, 3.63) is 29.3 Å². The molecule has 0 aliphatic rings. The lowest BCUT2D eigenvalue weighted by Crippen LogP contribution is -2.37. The Morgan fingerprint density at radius 3 is 2.16 bits per heavy atom. The van der Waals surface area contributed by atoms with Crippen molar-refractivity contribution >= 4 is 11.8 Å². The minimum Gasteiger partial charge on any atom is -0.465 e. The normalized spacial score (nSPS) is 11.8. The van der Waals surface area contributed by atoms with Crippen LogP contribution in [0.25, 0.3) is 0 Å². The quantitative estimate of drug-likeness (QED) is 0.837. The molecular formula is C11H10F5NO2. The zero-order valence-electron chi connectivity index (χ0n) is 9.92. The maximum Gasteiger partial charge on any atom is 0.419 e. The van der Waals surface area contributed by atoms with E-state index in [0.29, 0.717) is 11.0 Å². The van der Waals surface area contributed by atoms with Crippen molar-refractivity contribution in [2.24, 2.45) is 0 Å². The van der Waals surface area contributed by atoms with Crippen LogP contribution in [0.3, 0.4) is 0 Å². The molecule has 8 heteroatoms. The summed E-state index contributed by atoms with van der Waals surface area (Å²) in [6.07, 6.45) is -6.78. The minimum atomic E-state index is -5.11. The molecule has 0 saturated carbocycles. The van der Waals surface area contributed by atoms with Crippen LogP contribution < -0.4 is 4.90 Å². The first kappa shape index (κ1) is 15.2. The van der Waals surface area contributed by atoms with Gasteiger partial charge in [0.2, 0.25) is 0 Å². The van der Waals surface area contributed by atoms with Gasteiger partial charge in [-0.2, -0.15) is 13.2 Å². The molecule has 1 rings (SSSR count). The summed E-state index contributed by atoms with van der Waals surface area (Å²) in [5.74, 6) is -3.18. The molecule has 0 radical (unpaired) electrons. The van der Waals surface area contributed by atoms with Crippen molar-refractivity contribution in [1.82, 2.24) is 0 Å². The largest absolute Gasteiger partial charge is 0.465 e. The number of anilines is 1. The van der Waals surface area contributed by atoms with E-state index >= 15 is 0 Å². The second kappa shape index (κ2) is 5.02. The average Bonchev–Trinajstić information content (AvgIpc) is 2.20. The minimum absolute atomic E-state index is 0.0147. The Bertz CT molecular complexity index is 499. The number of hydrogen-bond acceptors (Lipinski definition) is 1. The highest BCUT2D eigenvalue weighted by Gasteiger charge is 2.37. The second-order valence-corrected chi connectivity index (χ2v) is 4.03. The predicted octanol–water partition coefficient (Wildman–Crippen LogP) is 3.88. The van der Waals surface area contributed by atoms with Gasteiger partial charge in [0.25, 0.3) is 0 Å². The van der Waals surface area contributed by atoms with Gasteiger partial charge < -0.3 is 5.11 Å². The van der Waals surface area contributed by atoms with E-state index in [-0.39, 0.29) is 6.07 Å². The van der Waals surface area contributed by atoms with E-state index < -0.39 is 41.2 Å². The van der Waals surface area contributed by atoms with Crippen molar-refractivity contribution in [2.75, 3.05) is 4.90 Å². The monoisotopic (exact) mass is 283 g/mol. The fourth-order valence-electron chi connectivity index (χ4n) is 1.56. The van der Waals surface area contributed by atoms with Crippen LogP contribution in [0.5, 0.6) is 0 Å². The molecule has 106 valence electrons. The molecule has 0 aromatic heterocycles. The van der Waals surface area contributed by atoms with Gasteiger partial charge in [-0.1, -0.05) is 0 Å². The third-order valence-electron chi connectivity index (χ3n) is 2.31. The van der Waals surface area contributed by atoms with Gasteiger partial charge in [0.1, 0.15) is 5.82 Å². The average molecular weight is 283 g/mol. The molecule has 0 bridgehead atoms. The van der Waals surface area contributed by atoms with Crippen molar-refractivity contribution in [1.29, 1.82) is 0 Å². The van der Waals surface area contributed by atoms with Crippen LogP contribution in [0.2, 0.25) is 0 Å². The molecular weight excluding hydrogens is 273 g/mol. The van der Waals surface area contributed by atoms with E-state index in [1.807, 2.05) is 0 Å². The lowest BCUT2D eigenvalue weighted by atomic mass is 10.1. The highest BCUT2D eigenvalue weighted by molar-refractivity contribution is 5.87. The van der Waals surface area contributed by atoms with Gasteiger partial charge >= 0.3 is 12.3 Å². The molecule has 0 aliphatic carbocycles. The van der Waals surface area contributed by atoms with Crippen LogP contribution >= 0.6 is 0 Å². The SMILES string of the molecule is CC(C)N(C(=O)O)c1cc(F)cc(C(F)(F)F)c1F. The van der Waals surface area contributed by atoms with Crippen LogP contribution in [0, 0.1) is 11.6 Å². The number of benzene rings is 1. The summed E-state index contributed by atoms with van der Waals surface area (Å²) in [5, 5.41) is 8.86. The van der Waals surface area contributed by atoms with Gasteiger partial charge in [-0.25, -0.2) is 13.6 Å². The van der Waals surface area contributed by atoms with E-state index in [9.17, 15) is 26.7 Å². The zero-order chi connectivity index (χ0) is 15.0. The van der Waals surface area contributed by atoms with Gasteiger partial charge in [-0.3, -0.25) is 4.90 Å². The number of halogens is 5. The fourth-order valence-corrected chi connectivity index (χ4v) is 1.56. The van der Waals surface area contributed by atoms with Crippen LogP contribution in [-0.4, -0.2) is 17.2 Å². The first-order valence-electron chi connectivity index (χ1n) is 5.14. The third-order valence-corrected chi connectivity index (χ3v) is 2.31. The Morgan fingerprint density at radius 2 is 1.79 bits per heavy atom. The maximum atomic E-state index is 13.7. The van der Waals surface area contributed by atoms with Gasteiger partial charge in [0.15, 0.2) is 5.82 Å². The number of carboxylic acid groups (broad SMARTS) is 1. The Balaban J connectivity index is 3.52. The number of nitrogens with zero attached hydrogens (tertiary/aromatic N) is 1. The molecule has 0 fully saturated rings. The predicted molar refractivity (Wildman–Crippen MR) is 57.0 cm³/mol. The number of alkyl halides is 3. The van der Waals surface area contributed by atoms with Crippen LogP contribution in [0.4, 0.5) is 32.4 Å². The molecule has 1 aromatic carbocycles. The molecule has 0 saturated heterocycles. The molecule has 0 atom stereocenters. The van der Waals surface area contributed by atoms with Crippen LogP contribution in [0.1, 0.15) is 19.4 Å². The van der Waals surface area contributed by atoms with Gasteiger partial charge in [-0.05, 0) is 19.9 Å². The smallest absolute Gasteiger partial charge is 0.419 e. The summed E-state index contributed by atoms with van der Waals surface area (Å²) in [6, 6.07) is -0.451. The number of amides is 1. The molecule has 0 spiro atoms. The Labute approximate surface area is 105 Å². The molecule has 19 heavy (non-hydrogen) atoms. The molecule has 0 unspecified atom stereocenters. The first-order chi connectivity index (χ1) is 8.55. The van der Waals surface area contributed by atoms with Crippen molar-refractivity contribution in [3.8, 4) is 0 Å². The van der Waals surface area contributed by atoms with E-state index in [1.165, 1.54) is 13.8 Å². The maximum absolute atomic E-state index is 13.7. The Hall–Kier alpha value is -1.86. The summed E-state index contributed by atoms with van der Waals surface area (Å²) in [4.78, 5) is 11.2. The van der Waals surface area contributed by atoms with E-state index in [4.69, 9.17) is 5.11 Å². The molecule has 0 aliphatic heterocycles. The summed E-state index contributed by atoms with van der Waals surface area (Å²) in [5.41, 5.74) is -2.80.